The van der Waals surface area contributed by atoms with E-state index in [1.165, 1.54) is 0 Å². The predicted molar refractivity (Wildman–Crippen MR) is 58.6 cm³/mol. The third kappa shape index (κ3) is 2.89. The van der Waals surface area contributed by atoms with Crippen molar-refractivity contribution >= 4 is 17.4 Å². The average molecular weight is 221 g/mol. The third-order valence-corrected chi connectivity index (χ3v) is 2.05. The van der Waals surface area contributed by atoms with E-state index in [1.807, 2.05) is 6.07 Å². The summed E-state index contributed by atoms with van der Waals surface area (Å²) in [5.74, 6) is 0.743. The lowest BCUT2D eigenvalue weighted by molar-refractivity contribution is 1.07. The van der Waals surface area contributed by atoms with E-state index < -0.39 is 0 Å². The van der Waals surface area contributed by atoms with Gasteiger partial charge in [0, 0.05) is 25.1 Å². The van der Waals surface area contributed by atoms with Gasteiger partial charge in [0.2, 0.25) is 0 Å². The molecule has 0 saturated carbocycles. The van der Waals surface area contributed by atoms with Gasteiger partial charge in [-0.05, 0) is 11.6 Å². The van der Waals surface area contributed by atoms with Crippen molar-refractivity contribution in [1.82, 2.24) is 15.0 Å². The summed E-state index contributed by atoms with van der Waals surface area (Å²) in [6.45, 7) is 0.656. The van der Waals surface area contributed by atoms with Crippen LogP contribution in [0.2, 0.25) is 5.15 Å². The van der Waals surface area contributed by atoms with Crippen LogP contribution in [0.4, 0.5) is 5.82 Å². The lowest BCUT2D eigenvalue weighted by Gasteiger charge is -2.03. The number of nitrogens with zero attached hydrogens (tertiary/aromatic N) is 3. The molecule has 0 fully saturated rings. The lowest BCUT2D eigenvalue weighted by Crippen LogP contribution is -2.01. The van der Waals surface area contributed by atoms with E-state index in [0.29, 0.717) is 11.7 Å². The van der Waals surface area contributed by atoms with Gasteiger partial charge in [0.05, 0.1) is 6.20 Å². The maximum atomic E-state index is 5.67. The van der Waals surface area contributed by atoms with Gasteiger partial charge in [-0.15, -0.1) is 0 Å². The normalized spacial score (nSPS) is 9.93. The number of anilines is 1. The van der Waals surface area contributed by atoms with Crippen molar-refractivity contribution in [2.45, 2.75) is 6.54 Å². The van der Waals surface area contributed by atoms with E-state index in [1.54, 1.807) is 30.9 Å². The molecule has 0 radical (unpaired) electrons. The van der Waals surface area contributed by atoms with Gasteiger partial charge in [-0.25, -0.2) is 9.97 Å². The van der Waals surface area contributed by atoms with Crippen LogP contribution in [0.15, 0.2) is 36.9 Å². The monoisotopic (exact) mass is 220 g/mol. The number of hydrogen-bond acceptors (Lipinski definition) is 4. The van der Waals surface area contributed by atoms with E-state index in [4.69, 9.17) is 11.6 Å². The van der Waals surface area contributed by atoms with Crippen molar-refractivity contribution in [1.29, 1.82) is 0 Å². The molecule has 76 valence electrons. The van der Waals surface area contributed by atoms with Crippen LogP contribution in [0.3, 0.4) is 0 Å². The third-order valence-electron chi connectivity index (χ3n) is 1.83. The van der Waals surface area contributed by atoms with Crippen molar-refractivity contribution in [3.63, 3.8) is 0 Å². The summed E-state index contributed by atoms with van der Waals surface area (Å²) in [5.41, 5.74) is 1.05. The average Bonchev–Trinajstić information content (AvgIpc) is 2.30. The Labute approximate surface area is 92.4 Å². The highest BCUT2D eigenvalue weighted by Crippen LogP contribution is 2.07. The molecule has 0 amide bonds. The molecular formula is C10H9ClN4. The molecule has 0 bridgehead atoms. The fraction of sp³-hybridized carbons (Fsp3) is 0.100. The van der Waals surface area contributed by atoms with Crippen molar-refractivity contribution in [2.75, 3.05) is 5.32 Å². The summed E-state index contributed by atoms with van der Waals surface area (Å²) in [7, 11) is 0. The van der Waals surface area contributed by atoms with E-state index >= 15 is 0 Å². The first kappa shape index (κ1) is 9.86. The second-order valence-electron chi connectivity index (χ2n) is 2.93. The highest BCUT2D eigenvalue weighted by atomic mass is 35.5. The second kappa shape index (κ2) is 4.70. The van der Waals surface area contributed by atoms with Crippen LogP contribution in [0, 0.1) is 0 Å². The van der Waals surface area contributed by atoms with Gasteiger partial charge in [-0.1, -0.05) is 17.7 Å². The van der Waals surface area contributed by atoms with Gasteiger partial charge in [0.1, 0.15) is 11.0 Å². The lowest BCUT2D eigenvalue weighted by atomic mass is 10.3. The van der Waals surface area contributed by atoms with E-state index in [2.05, 4.69) is 20.3 Å². The Morgan fingerprint density at radius 2 is 2.07 bits per heavy atom. The van der Waals surface area contributed by atoms with Crippen LogP contribution in [0.25, 0.3) is 0 Å². The molecule has 0 atom stereocenters. The Balaban J connectivity index is 1.96. The maximum Gasteiger partial charge on any atom is 0.144 e. The van der Waals surface area contributed by atoms with Crippen LogP contribution in [0.5, 0.6) is 0 Å². The fourth-order valence-corrected chi connectivity index (χ4v) is 1.21. The summed E-state index contributed by atoms with van der Waals surface area (Å²) < 4.78 is 0. The Kier molecular flexibility index (Phi) is 3.09. The van der Waals surface area contributed by atoms with Gasteiger partial charge in [0.25, 0.3) is 0 Å². The van der Waals surface area contributed by atoms with Crippen LogP contribution < -0.4 is 5.32 Å². The highest BCUT2D eigenvalue weighted by molar-refractivity contribution is 6.29. The molecule has 5 heteroatoms. The fourth-order valence-electron chi connectivity index (χ4n) is 1.09. The summed E-state index contributed by atoms with van der Waals surface area (Å²) in [4.78, 5) is 12.0. The van der Waals surface area contributed by atoms with Gasteiger partial charge >= 0.3 is 0 Å². The topological polar surface area (TPSA) is 50.7 Å². The number of hydrogen-bond donors (Lipinski definition) is 1. The number of halogens is 1. The molecule has 0 aromatic carbocycles. The summed E-state index contributed by atoms with van der Waals surface area (Å²) in [6.07, 6.45) is 6.67. The molecule has 15 heavy (non-hydrogen) atoms. The van der Waals surface area contributed by atoms with Gasteiger partial charge in [-0.3, -0.25) is 4.98 Å². The minimum atomic E-state index is 0.498. The first-order valence-corrected chi connectivity index (χ1v) is 4.83. The first-order valence-electron chi connectivity index (χ1n) is 4.45. The van der Waals surface area contributed by atoms with Crippen molar-refractivity contribution < 1.29 is 0 Å². The van der Waals surface area contributed by atoms with Crippen LogP contribution in [-0.4, -0.2) is 15.0 Å². The molecule has 0 aliphatic carbocycles. The maximum absolute atomic E-state index is 5.67. The Morgan fingerprint density at radius 1 is 1.13 bits per heavy atom. The van der Waals surface area contributed by atoms with Crippen molar-refractivity contribution in [3.8, 4) is 0 Å². The number of aromatic nitrogens is 3. The molecule has 1 N–H and O–H groups in total. The zero-order chi connectivity index (χ0) is 10.5. The molecule has 0 aliphatic rings. The smallest absolute Gasteiger partial charge is 0.144 e. The van der Waals surface area contributed by atoms with Crippen LogP contribution in [-0.2, 0) is 6.54 Å². The van der Waals surface area contributed by atoms with Gasteiger partial charge < -0.3 is 5.32 Å². The van der Waals surface area contributed by atoms with Crippen molar-refractivity contribution in [3.05, 3.63) is 47.6 Å². The molecule has 2 heterocycles. The minimum Gasteiger partial charge on any atom is -0.365 e. The minimum absolute atomic E-state index is 0.498. The van der Waals surface area contributed by atoms with Gasteiger partial charge in [-0.2, -0.15) is 0 Å². The van der Waals surface area contributed by atoms with Crippen molar-refractivity contribution in [2.24, 2.45) is 0 Å². The van der Waals surface area contributed by atoms with E-state index in [9.17, 15) is 0 Å². The number of nitrogens with one attached hydrogen (secondary N) is 1. The molecular weight excluding hydrogens is 212 g/mol. The summed E-state index contributed by atoms with van der Waals surface area (Å²) in [5, 5.41) is 3.62. The zero-order valence-electron chi connectivity index (χ0n) is 7.89. The molecule has 0 spiro atoms. The molecule has 0 unspecified atom stereocenters. The number of pyridine rings is 1. The highest BCUT2D eigenvalue weighted by Gasteiger charge is 1.95. The van der Waals surface area contributed by atoms with E-state index in [0.717, 1.165) is 11.4 Å². The standard InChI is InChI=1S/C10H9ClN4/c11-9-2-1-8(5-14-9)6-15-10-7-12-3-4-13-10/h1-5,7H,6H2,(H,13,15). The molecule has 2 rings (SSSR count). The Bertz CT molecular complexity index is 415. The van der Waals surface area contributed by atoms with E-state index in [-0.39, 0.29) is 0 Å². The summed E-state index contributed by atoms with van der Waals surface area (Å²) >= 11 is 5.67. The Hall–Kier alpha value is -1.68. The molecule has 4 nitrogen and oxygen atoms in total. The molecule has 2 aromatic heterocycles. The second-order valence-corrected chi connectivity index (χ2v) is 3.32. The molecule has 2 aromatic rings. The zero-order valence-corrected chi connectivity index (χ0v) is 8.65. The Morgan fingerprint density at radius 3 is 2.73 bits per heavy atom. The first-order chi connectivity index (χ1) is 7.34. The molecule has 0 saturated heterocycles. The van der Waals surface area contributed by atoms with Gasteiger partial charge in [0.15, 0.2) is 0 Å². The molecule has 0 aliphatic heterocycles. The quantitative estimate of drug-likeness (QED) is 0.806. The van der Waals surface area contributed by atoms with Crippen LogP contribution in [0.1, 0.15) is 5.56 Å². The van der Waals surface area contributed by atoms with Crippen LogP contribution >= 0.6 is 11.6 Å². The largest absolute Gasteiger partial charge is 0.365 e. The summed E-state index contributed by atoms with van der Waals surface area (Å²) in [6, 6.07) is 3.67. The number of rotatable bonds is 3. The SMILES string of the molecule is Clc1ccc(CNc2cnccn2)cn1. The predicted octanol–water partition coefficient (Wildman–Crippen LogP) is 2.14.